The van der Waals surface area contributed by atoms with Gasteiger partial charge in [0.05, 0.1) is 11.2 Å². The molecule has 1 aromatic heterocycles. The minimum atomic E-state index is 0.0820. The second kappa shape index (κ2) is 5.91. The Morgan fingerprint density at radius 1 is 0.909 bits per heavy atom. The number of allylic oxidation sites excluding steroid dienone is 1. The van der Waals surface area contributed by atoms with E-state index in [1.807, 2.05) is 72.8 Å². The van der Waals surface area contributed by atoms with Gasteiger partial charge in [-0.1, -0.05) is 48.5 Å². The highest BCUT2D eigenvalue weighted by Crippen LogP contribution is 2.22. The van der Waals surface area contributed by atoms with Crippen LogP contribution in [-0.2, 0) is 0 Å². The van der Waals surface area contributed by atoms with Gasteiger partial charge in [0.1, 0.15) is 17.7 Å². The normalized spacial score (nSPS) is 9.73. The lowest BCUT2D eigenvalue weighted by molar-refractivity contribution is 1.40. The Kier molecular flexibility index (Phi) is 3.64. The maximum Gasteiger partial charge on any atom is 0.130 e. The lowest BCUT2D eigenvalue weighted by Gasteiger charge is -2.04. The summed E-state index contributed by atoms with van der Waals surface area (Å²) in [6.07, 6.45) is 1.57. The second-order valence-corrected chi connectivity index (χ2v) is 4.80. The maximum atomic E-state index is 8.84. The SMILES string of the molecule is N#CC(C#N)=Cc1ccc2ccc(-c3ccccc3)nc2c1. The van der Waals surface area contributed by atoms with E-state index < -0.39 is 0 Å². The van der Waals surface area contributed by atoms with E-state index in [0.29, 0.717) is 0 Å². The van der Waals surface area contributed by atoms with Crippen molar-refractivity contribution in [2.24, 2.45) is 0 Å². The molecule has 0 N–H and O–H groups in total. The first kappa shape index (κ1) is 13.5. The third-order valence-corrected chi connectivity index (χ3v) is 3.34. The molecule has 0 amide bonds. The highest BCUT2D eigenvalue weighted by Gasteiger charge is 2.02. The zero-order chi connectivity index (χ0) is 15.4. The van der Waals surface area contributed by atoms with Gasteiger partial charge in [0.25, 0.3) is 0 Å². The first-order valence-corrected chi connectivity index (χ1v) is 6.78. The van der Waals surface area contributed by atoms with Gasteiger partial charge in [0, 0.05) is 10.9 Å². The molecule has 0 aliphatic carbocycles. The summed E-state index contributed by atoms with van der Waals surface area (Å²) >= 11 is 0. The predicted octanol–water partition coefficient (Wildman–Crippen LogP) is 4.33. The molecule has 3 rings (SSSR count). The molecule has 3 aromatic rings. The summed E-state index contributed by atoms with van der Waals surface area (Å²) in [5.74, 6) is 0. The fourth-order valence-corrected chi connectivity index (χ4v) is 2.25. The smallest absolute Gasteiger partial charge is 0.130 e. The molecule has 0 fully saturated rings. The molecular formula is C19H11N3. The average molecular weight is 281 g/mol. The first-order valence-electron chi connectivity index (χ1n) is 6.78. The zero-order valence-corrected chi connectivity index (χ0v) is 11.7. The van der Waals surface area contributed by atoms with Crippen LogP contribution < -0.4 is 0 Å². The van der Waals surface area contributed by atoms with Crippen LogP contribution in [-0.4, -0.2) is 4.98 Å². The van der Waals surface area contributed by atoms with Crippen LogP contribution in [0.25, 0.3) is 28.2 Å². The summed E-state index contributed by atoms with van der Waals surface area (Å²) in [6, 6.07) is 23.4. The number of benzene rings is 2. The van der Waals surface area contributed by atoms with Crippen molar-refractivity contribution in [1.29, 1.82) is 10.5 Å². The van der Waals surface area contributed by atoms with E-state index in [1.54, 1.807) is 6.08 Å². The Morgan fingerprint density at radius 3 is 2.36 bits per heavy atom. The molecular weight excluding hydrogens is 270 g/mol. The van der Waals surface area contributed by atoms with Crippen molar-refractivity contribution in [1.82, 2.24) is 4.98 Å². The lowest BCUT2D eigenvalue weighted by Crippen LogP contribution is -1.86. The topological polar surface area (TPSA) is 60.5 Å². The Balaban J connectivity index is 2.10. The van der Waals surface area contributed by atoms with Gasteiger partial charge in [0.15, 0.2) is 0 Å². The molecule has 0 unspecified atom stereocenters. The third kappa shape index (κ3) is 2.70. The largest absolute Gasteiger partial charge is 0.248 e. The van der Waals surface area contributed by atoms with E-state index in [2.05, 4.69) is 4.98 Å². The van der Waals surface area contributed by atoms with Crippen molar-refractivity contribution in [2.75, 3.05) is 0 Å². The summed E-state index contributed by atoms with van der Waals surface area (Å²) in [5, 5.41) is 18.7. The molecule has 3 heteroatoms. The Labute approximate surface area is 128 Å². The third-order valence-electron chi connectivity index (χ3n) is 3.34. The number of hydrogen-bond acceptors (Lipinski definition) is 3. The molecule has 3 nitrogen and oxygen atoms in total. The van der Waals surface area contributed by atoms with E-state index in [4.69, 9.17) is 10.5 Å². The van der Waals surface area contributed by atoms with Gasteiger partial charge in [-0.05, 0) is 23.8 Å². The van der Waals surface area contributed by atoms with Gasteiger partial charge in [0.2, 0.25) is 0 Å². The van der Waals surface area contributed by atoms with Crippen LogP contribution >= 0.6 is 0 Å². The molecule has 0 aliphatic rings. The molecule has 0 saturated heterocycles. The highest BCUT2D eigenvalue weighted by molar-refractivity contribution is 5.84. The minimum Gasteiger partial charge on any atom is -0.248 e. The van der Waals surface area contributed by atoms with E-state index in [-0.39, 0.29) is 5.57 Å². The number of pyridine rings is 1. The minimum absolute atomic E-state index is 0.0820. The summed E-state index contributed by atoms with van der Waals surface area (Å²) < 4.78 is 0. The number of nitrogens with zero attached hydrogens (tertiary/aromatic N) is 3. The standard InChI is InChI=1S/C19H11N3/c20-12-15(13-21)10-14-6-7-17-8-9-18(22-19(17)11-14)16-4-2-1-3-5-16/h1-11H. The van der Waals surface area contributed by atoms with Crippen LogP contribution in [0.4, 0.5) is 0 Å². The van der Waals surface area contributed by atoms with Crippen molar-refractivity contribution in [3.8, 4) is 23.4 Å². The molecule has 0 aliphatic heterocycles. The van der Waals surface area contributed by atoms with Crippen molar-refractivity contribution in [3.05, 3.63) is 71.8 Å². The molecule has 102 valence electrons. The molecule has 0 bridgehead atoms. The van der Waals surface area contributed by atoms with Crippen molar-refractivity contribution < 1.29 is 0 Å². The summed E-state index contributed by atoms with van der Waals surface area (Å²) in [4.78, 5) is 4.67. The van der Waals surface area contributed by atoms with Crippen LogP contribution in [0.1, 0.15) is 5.56 Å². The molecule has 0 saturated carbocycles. The molecule has 1 heterocycles. The van der Waals surface area contributed by atoms with Crippen LogP contribution in [0.3, 0.4) is 0 Å². The van der Waals surface area contributed by atoms with Crippen molar-refractivity contribution >= 4 is 17.0 Å². The number of fused-ring (bicyclic) bond motifs is 1. The number of hydrogen-bond donors (Lipinski definition) is 0. The van der Waals surface area contributed by atoms with E-state index in [9.17, 15) is 0 Å². The average Bonchev–Trinajstić information content (AvgIpc) is 2.59. The Hall–Kier alpha value is -3.43. The van der Waals surface area contributed by atoms with E-state index in [0.717, 1.165) is 27.7 Å². The van der Waals surface area contributed by atoms with Gasteiger partial charge >= 0.3 is 0 Å². The molecule has 0 atom stereocenters. The predicted molar refractivity (Wildman–Crippen MR) is 86.4 cm³/mol. The van der Waals surface area contributed by atoms with Crippen molar-refractivity contribution in [2.45, 2.75) is 0 Å². The molecule has 0 radical (unpaired) electrons. The second-order valence-electron chi connectivity index (χ2n) is 4.80. The van der Waals surface area contributed by atoms with E-state index >= 15 is 0 Å². The van der Waals surface area contributed by atoms with Crippen LogP contribution in [0.5, 0.6) is 0 Å². The Bertz CT molecular complexity index is 926. The summed E-state index contributed by atoms with van der Waals surface area (Å²) in [7, 11) is 0. The van der Waals surface area contributed by atoms with Gasteiger partial charge in [-0.3, -0.25) is 0 Å². The summed E-state index contributed by atoms with van der Waals surface area (Å²) in [6.45, 7) is 0. The monoisotopic (exact) mass is 281 g/mol. The summed E-state index contributed by atoms with van der Waals surface area (Å²) in [5.41, 5.74) is 3.67. The van der Waals surface area contributed by atoms with E-state index in [1.165, 1.54) is 0 Å². The number of aromatic nitrogens is 1. The highest BCUT2D eigenvalue weighted by atomic mass is 14.7. The van der Waals surface area contributed by atoms with Gasteiger partial charge in [-0.15, -0.1) is 0 Å². The molecule has 2 aromatic carbocycles. The number of rotatable bonds is 2. The Morgan fingerprint density at radius 2 is 1.64 bits per heavy atom. The maximum absolute atomic E-state index is 8.84. The molecule has 0 spiro atoms. The quantitative estimate of drug-likeness (QED) is 0.657. The first-order chi connectivity index (χ1) is 10.8. The fraction of sp³-hybridized carbons (Fsp3) is 0. The van der Waals surface area contributed by atoms with Gasteiger partial charge in [-0.25, -0.2) is 4.98 Å². The van der Waals surface area contributed by atoms with Crippen LogP contribution in [0.2, 0.25) is 0 Å². The number of nitriles is 2. The zero-order valence-electron chi connectivity index (χ0n) is 11.7. The van der Waals surface area contributed by atoms with Crippen LogP contribution in [0, 0.1) is 22.7 Å². The molecule has 22 heavy (non-hydrogen) atoms. The van der Waals surface area contributed by atoms with Crippen LogP contribution in [0.15, 0.2) is 66.2 Å². The van der Waals surface area contributed by atoms with Crippen molar-refractivity contribution in [3.63, 3.8) is 0 Å². The lowest BCUT2D eigenvalue weighted by atomic mass is 10.1. The fourth-order valence-electron chi connectivity index (χ4n) is 2.25. The van der Waals surface area contributed by atoms with Gasteiger partial charge < -0.3 is 0 Å². The van der Waals surface area contributed by atoms with Gasteiger partial charge in [-0.2, -0.15) is 10.5 Å².